The molecule has 0 aromatic heterocycles. The van der Waals surface area contributed by atoms with Crippen LogP contribution in [0.4, 0.5) is 0 Å². The summed E-state index contributed by atoms with van der Waals surface area (Å²) >= 11 is 0. The molecular weight excluding hydrogens is 144 g/mol. The average Bonchev–Trinajstić information content (AvgIpc) is 2.13. The molecule has 0 spiro atoms. The third kappa shape index (κ3) is 4.79. The molecule has 0 aliphatic carbocycles. The van der Waals surface area contributed by atoms with Crippen molar-refractivity contribution in [2.45, 2.75) is 66.2 Å². The molecule has 0 bridgehead atoms. The van der Waals surface area contributed by atoms with Gasteiger partial charge in [0.1, 0.15) is 0 Å². The van der Waals surface area contributed by atoms with E-state index < -0.39 is 0 Å². The van der Waals surface area contributed by atoms with Crippen molar-refractivity contribution in [3.63, 3.8) is 0 Å². The monoisotopic (exact) mass is 170 g/mol. The largest absolute Gasteiger partial charge is 0.0651 e. The lowest BCUT2D eigenvalue weighted by atomic mass is 9.90. The van der Waals surface area contributed by atoms with E-state index in [1.54, 1.807) is 0 Å². The lowest BCUT2D eigenvalue weighted by molar-refractivity contribution is 0.363. The van der Waals surface area contributed by atoms with Crippen LogP contribution in [0.25, 0.3) is 0 Å². The molecule has 0 aliphatic heterocycles. The molecule has 0 unspecified atom stereocenters. The van der Waals surface area contributed by atoms with Crippen LogP contribution in [0, 0.1) is 11.8 Å². The normalized spacial score (nSPS) is 11.5. The van der Waals surface area contributed by atoms with Gasteiger partial charge in [-0.25, -0.2) is 0 Å². The smallest absolute Gasteiger partial charge is 0.0419 e. The van der Waals surface area contributed by atoms with Crippen molar-refractivity contribution in [3.8, 4) is 0 Å². The van der Waals surface area contributed by atoms with E-state index in [-0.39, 0.29) is 0 Å². The zero-order valence-electron chi connectivity index (χ0n) is 9.40. The van der Waals surface area contributed by atoms with Crippen molar-refractivity contribution in [3.05, 3.63) is 0 Å². The molecule has 0 aromatic carbocycles. The second kappa shape index (κ2) is 7.64. The molecule has 74 valence electrons. The van der Waals surface area contributed by atoms with E-state index in [1.165, 1.54) is 38.5 Å². The molecule has 0 saturated carbocycles. The maximum absolute atomic E-state index is 2.32. The van der Waals surface area contributed by atoms with Crippen LogP contribution in [0.1, 0.15) is 66.2 Å². The zero-order valence-corrected chi connectivity index (χ0v) is 9.40. The molecule has 0 radical (unpaired) electrons. The van der Waals surface area contributed by atoms with Gasteiger partial charge in [0.2, 0.25) is 0 Å². The van der Waals surface area contributed by atoms with Gasteiger partial charge in [-0.1, -0.05) is 66.2 Å². The van der Waals surface area contributed by atoms with Crippen molar-refractivity contribution in [1.29, 1.82) is 0 Å². The highest BCUT2D eigenvalue weighted by molar-refractivity contribution is 4.60. The second-order valence-electron chi connectivity index (χ2n) is 3.94. The van der Waals surface area contributed by atoms with E-state index in [9.17, 15) is 0 Å². The van der Waals surface area contributed by atoms with Gasteiger partial charge in [0.25, 0.3) is 0 Å². The molecule has 0 N–H and O–H groups in total. The minimum absolute atomic E-state index is 0.991. The molecule has 0 aliphatic rings. The highest BCUT2D eigenvalue weighted by Crippen LogP contribution is 2.21. The van der Waals surface area contributed by atoms with Gasteiger partial charge in [-0.15, -0.1) is 0 Å². The standard InChI is InChI=1S/C12H26/c1-5-11(6-2)9-10-12(7-3)8-4/h11-12H,5-10H2,1-4H3. The van der Waals surface area contributed by atoms with E-state index in [2.05, 4.69) is 27.7 Å². The molecule has 0 saturated heterocycles. The van der Waals surface area contributed by atoms with Crippen LogP contribution in [0.5, 0.6) is 0 Å². The summed E-state index contributed by atoms with van der Waals surface area (Å²) in [5, 5.41) is 0. The number of rotatable bonds is 7. The number of hydrogen-bond acceptors (Lipinski definition) is 0. The lowest BCUT2D eigenvalue weighted by Gasteiger charge is -2.16. The second-order valence-corrected chi connectivity index (χ2v) is 3.94. The summed E-state index contributed by atoms with van der Waals surface area (Å²) in [7, 11) is 0. The lowest BCUT2D eigenvalue weighted by Crippen LogP contribution is -2.02. The van der Waals surface area contributed by atoms with E-state index in [1.807, 2.05) is 0 Å². The van der Waals surface area contributed by atoms with Gasteiger partial charge in [0, 0.05) is 0 Å². The molecule has 0 rings (SSSR count). The third-order valence-corrected chi connectivity index (χ3v) is 3.29. The van der Waals surface area contributed by atoms with Gasteiger partial charge in [-0.2, -0.15) is 0 Å². The van der Waals surface area contributed by atoms with Gasteiger partial charge >= 0.3 is 0 Å². The Kier molecular flexibility index (Phi) is 7.64. The Morgan fingerprint density at radius 3 is 1.00 bits per heavy atom. The quantitative estimate of drug-likeness (QED) is 0.522. The van der Waals surface area contributed by atoms with Crippen molar-refractivity contribution < 1.29 is 0 Å². The minimum Gasteiger partial charge on any atom is -0.0651 e. The first-order chi connectivity index (χ1) is 5.78. The third-order valence-electron chi connectivity index (χ3n) is 3.29. The van der Waals surface area contributed by atoms with Crippen LogP contribution < -0.4 is 0 Å². The summed E-state index contributed by atoms with van der Waals surface area (Å²) in [5.41, 5.74) is 0. The fraction of sp³-hybridized carbons (Fsp3) is 1.00. The minimum atomic E-state index is 0.991. The van der Waals surface area contributed by atoms with Crippen LogP contribution in [0.2, 0.25) is 0 Å². The Balaban J connectivity index is 3.49. The maximum atomic E-state index is 2.32. The molecular formula is C12H26. The van der Waals surface area contributed by atoms with E-state index >= 15 is 0 Å². The summed E-state index contributed by atoms with van der Waals surface area (Å²) in [6, 6.07) is 0. The van der Waals surface area contributed by atoms with Crippen molar-refractivity contribution in [2.24, 2.45) is 11.8 Å². The van der Waals surface area contributed by atoms with Crippen LogP contribution in [0.15, 0.2) is 0 Å². The molecule has 0 fully saturated rings. The Labute approximate surface area is 78.8 Å². The molecule has 0 aromatic rings. The Hall–Kier alpha value is 0. The number of hydrogen-bond donors (Lipinski definition) is 0. The van der Waals surface area contributed by atoms with Gasteiger partial charge in [-0.3, -0.25) is 0 Å². The highest BCUT2D eigenvalue weighted by Gasteiger charge is 2.07. The van der Waals surface area contributed by atoms with Gasteiger partial charge in [0.05, 0.1) is 0 Å². The molecule has 12 heavy (non-hydrogen) atoms. The Bertz CT molecular complexity index is 66.0. The molecule has 0 nitrogen and oxygen atoms in total. The summed E-state index contributed by atoms with van der Waals surface area (Å²) in [6.45, 7) is 9.28. The summed E-state index contributed by atoms with van der Waals surface area (Å²) in [5.74, 6) is 1.98. The fourth-order valence-corrected chi connectivity index (χ4v) is 1.87. The first-order valence-corrected chi connectivity index (χ1v) is 5.78. The first-order valence-electron chi connectivity index (χ1n) is 5.78. The van der Waals surface area contributed by atoms with Gasteiger partial charge < -0.3 is 0 Å². The first kappa shape index (κ1) is 12.0. The van der Waals surface area contributed by atoms with E-state index in [0.717, 1.165) is 11.8 Å². The summed E-state index contributed by atoms with van der Waals surface area (Å²) in [4.78, 5) is 0. The SMILES string of the molecule is CCC(CC)CCC(CC)CC. The molecule has 0 heteroatoms. The highest BCUT2D eigenvalue weighted by atomic mass is 14.1. The van der Waals surface area contributed by atoms with Gasteiger partial charge in [-0.05, 0) is 11.8 Å². The molecule has 0 atom stereocenters. The van der Waals surface area contributed by atoms with E-state index in [4.69, 9.17) is 0 Å². The predicted octanol–water partition coefficient (Wildman–Crippen LogP) is 4.64. The summed E-state index contributed by atoms with van der Waals surface area (Å²) < 4.78 is 0. The van der Waals surface area contributed by atoms with Crippen molar-refractivity contribution >= 4 is 0 Å². The zero-order chi connectivity index (χ0) is 9.40. The topological polar surface area (TPSA) is 0 Å². The molecule has 0 heterocycles. The van der Waals surface area contributed by atoms with Crippen LogP contribution in [0.3, 0.4) is 0 Å². The van der Waals surface area contributed by atoms with Crippen LogP contribution >= 0.6 is 0 Å². The Morgan fingerprint density at radius 2 is 0.833 bits per heavy atom. The van der Waals surface area contributed by atoms with Gasteiger partial charge in [0.15, 0.2) is 0 Å². The maximum Gasteiger partial charge on any atom is -0.0419 e. The Morgan fingerprint density at radius 1 is 0.583 bits per heavy atom. The molecule has 0 amide bonds. The van der Waals surface area contributed by atoms with Crippen molar-refractivity contribution in [1.82, 2.24) is 0 Å². The average molecular weight is 170 g/mol. The fourth-order valence-electron chi connectivity index (χ4n) is 1.87. The van der Waals surface area contributed by atoms with E-state index in [0.29, 0.717) is 0 Å². The van der Waals surface area contributed by atoms with Crippen LogP contribution in [-0.2, 0) is 0 Å². The van der Waals surface area contributed by atoms with Crippen LogP contribution in [-0.4, -0.2) is 0 Å². The predicted molar refractivity (Wildman–Crippen MR) is 57.4 cm³/mol. The summed E-state index contributed by atoms with van der Waals surface area (Å²) in [6.07, 6.45) is 8.40. The van der Waals surface area contributed by atoms with Crippen molar-refractivity contribution in [2.75, 3.05) is 0 Å².